The number of hydrogen-bond acceptors (Lipinski definition) is 4. The number of halogens is 1. The molecule has 0 N–H and O–H groups in total. The van der Waals surface area contributed by atoms with Gasteiger partial charge in [0.1, 0.15) is 22.0 Å². The van der Waals surface area contributed by atoms with Crippen LogP contribution in [-0.4, -0.2) is 9.97 Å². The van der Waals surface area contributed by atoms with Crippen LogP contribution in [0.2, 0.25) is 0 Å². The van der Waals surface area contributed by atoms with Gasteiger partial charge in [0.15, 0.2) is 0 Å². The van der Waals surface area contributed by atoms with Gasteiger partial charge in [0.2, 0.25) is 0 Å². The zero-order chi connectivity index (χ0) is 12.4. The molecule has 0 fully saturated rings. The first kappa shape index (κ1) is 11.6. The lowest BCUT2D eigenvalue weighted by atomic mass is 10.2. The molecule has 0 spiro atoms. The molecule has 5 heteroatoms. The van der Waals surface area contributed by atoms with Crippen LogP contribution < -0.4 is 0 Å². The van der Waals surface area contributed by atoms with E-state index in [0.717, 1.165) is 20.8 Å². The fourth-order valence-corrected chi connectivity index (χ4v) is 3.38. The molecule has 1 aromatic carbocycles. The average Bonchev–Trinajstić information content (AvgIpc) is 2.85. The molecular formula is C13H9FN2S2. The van der Waals surface area contributed by atoms with Gasteiger partial charge in [-0.1, -0.05) is 12.1 Å². The summed E-state index contributed by atoms with van der Waals surface area (Å²) in [5.74, 6) is 0.510. The van der Waals surface area contributed by atoms with Crippen molar-refractivity contribution in [1.82, 2.24) is 9.97 Å². The van der Waals surface area contributed by atoms with Crippen LogP contribution in [0.5, 0.6) is 0 Å². The normalized spacial score (nSPS) is 10.9. The van der Waals surface area contributed by atoms with Gasteiger partial charge in [-0.3, -0.25) is 0 Å². The Labute approximate surface area is 112 Å². The molecule has 2 aromatic heterocycles. The van der Waals surface area contributed by atoms with Gasteiger partial charge < -0.3 is 0 Å². The summed E-state index contributed by atoms with van der Waals surface area (Å²) >= 11 is 3.21. The van der Waals surface area contributed by atoms with E-state index in [0.29, 0.717) is 5.75 Å². The average molecular weight is 276 g/mol. The van der Waals surface area contributed by atoms with Gasteiger partial charge in [-0.05, 0) is 29.1 Å². The molecule has 0 aliphatic heterocycles. The zero-order valence-corrected chi connectivity index (χ0v) is 11.0. The van der Waals surface area contributed by atoms with Gasteiger partial charge in [-0.2, -0.15) is 0 Å². The highest BCUT2D eigenvalue weighted by atomic mass is 32.2. The van der Waals surface area contributed by atoms with Crippen molar-refractivity contribution in [2.45, 2.75) is 10.8 Å². The second-order valence-corrected chi connectivity index (χ2v) is 5.60. The van der Waals surface area contributed by atoms with Gasteiger partial charge in [0.05, 0.1) is 0 Å². The smallest absolute Gasteiger partial charge is 0.127 e. The molecule has 2 heterocycles. The van der Waals surface area contributed by atoms with Crippen molar-refractivity contribution >= 4 is 33.3 Å². The largest absolute Gasteiger partial charge is 0.229 e. The summed E-state index contributed by atoms with van der Waals surface area (Å²) in [6.45, 7) is 0. The summed E-state index contributed by atoms with van der Waals surface area (Å²) in [4.78, 5) is 9.48. The first-order valence-corrected chi connectivity index (χ1v) is 7.25. The number of rotatable bonds is 3. The van der Waals surface area contributed by atoms with E-state index in [9.17, 15) is 4.39 Å². The summed E-state index contributed by atoms with van der Waals surface area (Å²) in [6, 6.07) is 8.68. The summed E-state index contributed by atoms with van der Waals surface area (Å²) in [5, 5.41) is 4.03. The van der Waals surface area contributed by atoms with Crippen molar-refractivity contribution in [2.75, 3.05) is 0 Å². The first-order chi connectivity index (χ1) is 8.83. The van der Waals surface area contributed by atoms with Crippen LogP contribution in [0.1, 0.15) is 5.56 Å². The third-order valence-electron chi connectivity index (χ3n) is 2.49. The highest BCUT2D eigenvalue weighted by Gasteiger charge is 2.05. The molecule has 0 aliphatic carbocycles. The van der Waals surface area contributed by atoms with E-state index in [-0.39, 0.29) is 5.82 Å². The quantitative estimate of drug-likeness (QED) is 0.531. The molecule has 2 nitrogen and oxygen atoms in total. The van der Waals surface area contributed by atoms with E-state index in [1.807, 2.05) is 17.5 Å². The van der Waals surface area contributed by atoms with Crippen LogP contribution in [0.4, 0.5) is 4.39 Å². The number of fused-ring (bicyclic) bond motifs is 1. The zero-order valence-electron chi connectivity index (χ0n) is 9.34. The van der Waals surface area contributed by atoms with E-state index < -0.39 is 0 Å². The SMILES string of the molecule is Fc1cccc(CSc2ncnc3sccc23)c1. The number of hydrogen-bond donors (Lipinski definition) is 0. The Morgan fingerprint density at radius 1 is 1.22 bits per heavy atom. The van der Waals surface area contributed by atoms with Crippen LogP contribution in [-0.2, 0) is 5.75 Å². The van der Waals surface area contributed by atoms with E-state index in [1.54, 1.807) is 41.6 Å². The highest BCUT2D eigenvalue weighted by molar-refractivity contribution is 7.98. The maximum absolute atomic E-state index is 13.1. The van der Waals surface area contributed by atoms with Gasteiger partial charge in [0, 0.05) is 11.1 Å². The first-order valence-electron chi connectivity index (χ1n) is 5.38. The number of thiophene rings is 1. The van der Waals surface area contributed by atoms with Gasteiger partial charge in [-0.15, -0.1) is 23.1 Å². The monoisotopic (exact) mass is 276 g/mol. The Bertz CT molecular complexity index is 681. The summed E-state index contributed by atoms with van der Waals surface area (Å²) < 4.78 is 13.1. The molecule has 0 saturated heterocycles. The third kappa shape index (κ3) is 2.37. The van der Waals surface area contributed by atoms with Crippen LogP contribution in [0.3, 0.4) is 0 Å². The molecule has 0 radical (unpaired) electrons. The Morgan fingerprint density at radius 3 is 3.06 bits per heavy atom. The number of aromatic nitrogens is 2. The minimum atomic E-state index is -0.198. The van der Waals surface area contributed by atoms with E-state index in [4.69, 9.17) is 0 Å². The lowest BCUT2D eigenvalue weighted by Crippen LogP contribution is -1.86. The Kier molecular flexibility index (Phi) is 3.25. The van der Waals surface area contributed by atoms with Crippen LogP contribution in [0.25, 0.3) is 10.2 Å². The topological polar surface area (TPSA) is 25.8 Å². The van der Waals surface area contributed by atoms with Gasteiger partial charge in [-0.25, -0.2) is 14.4 Å². The molecule has 0 atom stereocenters. The standard InChI is InChI=1S/C13H9FN2S2/c14-10-3-1-2-9(6-10)7-18-13-11-4-5-17-12(11)15-8-16-13/h1-6,8H,7H2. The summed E-state index contributed by atoms with van der Waals surface area (Å²) in [7, 11) is 0. The predicted molar refractivity (Wildman–Crippen MR) is 73.4 cm³/mol. The van der Waals surface area contributed by atoms with Crippen molar-refractivity contribution in [3.05, 3.63) is 53.4 Å². The van der Waals surface area contributed by atoms with Crippen LogP contribution in [0.15, 0.2) is 47.1 Å². The molecule has 3 aromatic rings. The molecule has 18 heavy (non-hydrogen) atoms. The lowest BCUT2D eigenvalue weighted by Gasteiger charge is -2.02. The van der Waals surface area contributed by atoms with Crippen LogP contribution >= 0.6 is 23.1 Å². The molecular weight excluding hydrogens is 267 g/mol. The van der Waals surface area contributed by atoms with Gasteiger partial charge in [0.25, 0.3) is 0 Å². The Hall–Kier alpha value is -1.46. The fourth-order valence-electron chi connectivity index (χ4n) is 1.66. The predicted octanol–water partition coefficient (Wildman–Crippen LogP) is 4.12. The molecule has 0 amide bonds. The third-order valence-corrected chi connectivity index (χ3v) is 4.39. The van der Waals surface area contributed by atoms with E-state index >= 15 is 0 Å². The number of nitrogens with zero attached hydrogens (tertiary/aromatic N) is 2. The van der Waals surface area contributed by atoms with Crippen molar-refractivity contribution in [3.8, 4) is 0 Å². The molecule has 0 bridgehead atoms. The molecule has 0 unspecified atom stereocenters. The minimum Gasteiger partial charge on any atom is -0.229 e. The maximum Gasteiger partial charge on any atom is 0.127 e. The molecule has 90 valence electrons. The molecule has 3 rings (SSSR count). The highest BCUT2D eigenvalue weighted by Crippen LogP contribution is 2.29. The Balaban J connectivity index is 1.83. The molecule has 0 saturated carbocycles. The second-order valence-electron chi connectivity index (χ2n) is 3.74. The van der Waals surface area contributed by atoms with Crippen LogP contribution in [0, 0.1) is 5.82 Å². The fraction of sp³-hybridized carbons (Fsp3) is 0.0769. The van der Waals surface area contributed by atoms with Crippen molar-refractivity contribution in [2.24, 2.45) is 0 Å². The van der Waals surface area contributed by atoms with E-state index in [1.165, 1.54) is 6.07 Å². The second kappa shape index (κ2) is 5.04. The van der Waals surface area contributed by atoms with Crippen molar-refractivity contribution in [1.29, 1.82) is 0 Å². The van der Waals surface area contributed by atoms with Gasteiger partial charge >= 0.3 is 0 Å². The molecule has 0 aliphatic rings. The minimum absolute atomic E-state index is 0.198. The van der Waals surface area contributed by atoms with Crippen molar-refractivity contribution in [3.63, 3.8) is 0 Å². The van der Waals surface area contributed by atoms with E-state index in [2.05, 4.69) is 9.97 Å². The maximum atomic E-state index is 13.1. The summed E-state index contributed by atoms with van der Waals surface area (Å²) in [6.07, 6.45) is 1.58. The number of thioether (sulfide) groups is 1. The Morgan fingerprint density at radius 2 is 2.17 bits per heavy atom. The number of benzene rings is 1. The summed E-state index contributed by atoms with van der Waals surface area (Å²) in [5.41, 5.74) is 0.960. The van der Waals surface area contributed by atoms with Crippen molar-refractivity contribution < 1.29 is 4.39 Å². The lowest BCUT2D eigenvalue weighted by molar-refractivity contribution is 0.626.